The van der Waals surface area contributed by atoms with E-state index < -0.39 is 22.9 Å². The molecule has 9 heteroatoms. The number of hydrogen-bond acceptors (Lipinski definition) is 6. The molecule has 6 nitrogen and oxygen atoms in total. The molecule has 0 amide bonds. The van der Waals surface area contributed by atoms with Crippen LogP contribution in [0.25, 0.3) is 22.6 Å². The maximum Gasteiger partial charge on any atom is 0.183 e. The quantitative estimate of drug-likeness (QED) is 0.578. The van der Waals surface area contributed by atoms with Crippen molar-refractivity contribution < 1.29 is 23.7 Å². The van der Waals surface area contributed by atoms with Crippen LogP contribution in [0.4, 0.5) is 18.9 Å². The largest absolute Gasteiger partial charge is 0.443 e. The fraction of sp³-hybridized carbons (Fsp3) is 0.385. The van der Waals surface area contributed by atoms with Crippen molar-refractivity contribution in [3.8, 4) is 22.6 Å². The van der Waals surface area contributed by atoms with Crippen LogP contribution in [0.15, 0.2) is 46.1 Å². The number of hydrogen-bond donors (Lipinski definition) is 1. The van der Waals surface area contributed by atoms with E-state index in [0.29, 0.717) is 36.3 Å². The highest BCUT2D eigenvalue weighted by Gasteiger charge is 2.52. The smallest absolute Gasteiger partial charge is 0.183 e. The maximum atomic E-state index is 15.9. The fourth-order valence-corrected chi connectivity index (χ4v) is 5.98. The minimum atomic E-state index is -1.03. The van der Waals surface area contributed by atoms with Gasteiger partial charge in [-0.1, -0.05) is 0 Å². The molecular formula is C26H25F3N4O2. The van der Waals surface area contributed by atoms with E-state index in [4.69, 9.17) is 10.6 Å². The van der Waals surface area contributed by atoms with Gasteiger partial charge in [0, 0.05) is 30.3 Å². The van der Waals surface area contributed by atoms with E-state index in [1.807, 2.05) is 25.0 Å². The lowest BCUT2D eigenvalue weighted by Gasteiger charge is -2.56. The van der Waals surface area contributed by atoms with E-state index in [0.717, 1.165) is 0 Å². The zero-order valence-electron chi connectivity index (χ0n) is 20.3. The van der Waals surface area contributed by atoms with Crippen LogP contribution in [0.3, 0.4) is 0 Å². The van der Waals surface area contributed by atoms with Crippen LogP contribution in [-0.4, -0.2) is 49.2 Å². The van der Waals surface area contributed by atoms with Crippen LogP contribution in [0.5, 0.6) is 0 Å². The maximum absolute atomic E-state index is 15.9. The first-order valence-corrected chi connectivity index (χ1v) is 11.6. The Morgan fingerprint density at radius 1 is 1.17 bits per heavy atom. The number of aromatic nitrogens is 1. The number of morpholine rings is 1. The highest BCUT2D eigenvalue weighted by atomic mass is 19.2. The summed E-state index contributed by atoms with van der Waals surface area (Å²) in [5.74, 6) is -2.34. The molecule has 0 bridgehead atoms. The lowest BCUT2D eigenvalue weighted by Crippen LogP contribution is -2.67. The Bertz CT molecular complexity index is 1350. The molecule has 1 spiro atoms. The van der Waals surface area contributed by atoms with Crippen molar-refractivity contribution in [2.24, 2.45) is 10.4 Å². The third kappa shape index (κ3) is 3.48. The lowest BCUT2D eigenvalue weighted by atomic mass is 9.68. The van der Waals surface area contributed by atoms with Gasteiger partial charge >= 0.3 is 0 Å². The lowest BCUT2D eigenvalue weighted by molar-refractivity contribution is -0.0523. The van der Waals surface area contributed by atoms with Gasteiger partial charge in [0.1, 0.15) is 12.9 Å². The van der Waals surface area contributed by atoms with Gasteiger partial charge in [0.25, 0.3) is 0 Å². The average molecular weight is 484 g/mol. The molecule has 3 aliphatic rings. The van der Waals surface area contributed by atoms with Gasteiger partial charge in [-0.3, -0.25) is 10.3 Å². The molecule has 0 radical (unpaired) electrons. The minimum Gasteiger partial charge on any atom is -0.443 e. The van der Waals surface area contributed by atoms with E-state index in [9.17, 15) is 4.39 Å². The standard InChI is InChI=1S/C26H25F3N4O2/c1-14-9-33-23-17(8-26(10-30-12-31-11-26)25(33)15(2)35-14)7-19(20(28)21(23)29)24-22(32-13-34-24)16-3-5-18(27)6-4-16/h3-7,10,13-15,25,31H,8-9,11-12H2,1-2H3/t14-,15+,25-,26?/m1/s1/i/hD. The molecule has 6 rings (SSSR count). The predicted molar refractivity (Wildman–Crippen MR) is 126 cm³/mol. The van der Waals surface area contributed by atoms with Crippen LogP contribution in [-0.2, 0) is 11.2 Å². The van der Waals surface area contributed by atoms with Crippen molar-refractivity contribution in [1.82, 2.24) is 10.3 Å². The first kappa shape index (κ1) is 21.1. The Morgan fingerprint density at radius 2 is 1.97 bits per heavy atom. The van der Waals surface area contributed by atoms with Gasteiger partial charge in [-0.05, 0) is 56.2 Å². The summed E-state index contributed by atoms with van der Waals surface area (Å²) in [5, 5.41) is 1.39. The molecule has 0 saturated carbocycles. The van der Waals surface area contributed by atoms with Crippen LogP contribution >= 0.6 is 0 Å². The van der Waals surface area contributed by atoms with Gasteiger partial charge in [-0.2, -0.15) is 0 Å². The molecule has 1 aromatic heterocycles. The van der Waals surface area contributed by atoms with Gasteiger partial charge in [0.05, 0.1) is 36.2 Å². The molecular weight excluding hydrogens is 457 g/mol. The Kier molecular flexibility index (Phi) is 4.95. The molecule has 4 heterocycles. The van der Waals surface area contributed by atoms with Crippen molar-refractivity contribution in [3.05, 3.63) is 59.7 Å². The minimum absolute atomic E-state index is 0.0542. The summed E-state index contributed by atoms with van der Waals surface area (Å²) in [6.45, 7) is 4.87. The first-order valence-electron chi connectivity index (χ1n) is 12.1. The first-order chi connectivity index (χ1) is 17.3. The SMILES string of the molecule is [2H]N1CN=CC2(Cc3cc(-c4ocnc4-c4ccc(F)cc4)c(F)c(F)c3N3C[C@@H](C)O[C@@H](C)[C@@H]32)C1. The molecule has 2 aromatic carbocycles. The van der Waals surface area contributed by atoms with Crippen LogP contribution < -0.4 is 10.2 Å². The van der Waals surface area contributed by atoms with Crippen LogP contribution in [0, 0.1) is 22.9 Å². The highest BCUT2D eigenvalue weighted by molar-refractivity contribution is 5.81. The van der Waals surface area contributed by atoms with Crippen molar-refractivity contribution in [2.45, 2.75) is 38.5 Å². The Balaban J connectivity index is 1.53. The normalized spacial score (nSPS) is 28.7. The van der Waals surface area contributed by atoms with E-state index in [-0.39, 0.29) is 41.9 Å². The molecule has 1 unspecified atom stereocenters. The molecule has 4 atom stereocenters. The second kappa shape index (κ2) is 8.20. The monoisotopic (exact) mass is 483 g/mol. The predicted octanol–water partition coefficient (Wildman–Crippen LogP) is 4.58. The zero-order valence-corrected chi connectivity index (χ0v) is 19.3. The molecule has 0 aliphatic carbocycles. The summed E-state index contributed by atoms with van der Waals surface area (Å²) in [6, 6.07) is 6.88. The van der Waals surface area contributed by atoms with Crippen molar-refractivity contribution >= 4 is 11.9 Å². The topological polar surface area (TPSA) is 62.9 Å². The molecule has 1 fully saturated rings. The number of halogens is 3. The summed E-state index contributed by atoms with van der Waals surface area (Å²) < 4.78 is 65.0. The van der Waals surface area contributed by atoms with E-state index in [1.165, 1.54) is 36.0 Å². The fourth-order valence-electron chi connectivity index (χ4n) is 5.98. The van der Waals surface area contributed by atoms with E-state index in [1.54, 1.807) is 6.07 Å². The molecule has 1 saturated heterocycles. The van der Waals surface area contributed by atoms with Gasteiger partial charge in [-0.25, -0.2) is 18.2 Å². The summed E-state index contributed by atoms with van der Waals surface area (Å²) in [4.78, 5) is 10.5. The number of ether oxygens (including phenoxy) is 1. The third-order valence-corrected chi connectivity index (χ3v) is 7.20. The average Bonchev–Trinajstić information content (AvgIpc) is 3.31. The van der Waals surface area contributed by atoms with Crippen LogP contribution in [0.1, 0.15) is 19.4 Å². The zero-order chi connectivity index (χ0) is 25.2. The Morgan fingerprint density at radius 3 is 2.74 bits per heavy atom. The van der Waals surface area contributed by atoms with Crippen molar-refractivity contribution in [1.29, 1.82) is 0 Å². The second-order valence-corrected chi connectivity index (χ2v) is 9.59. The summed E-state index contributed by atoms with van der Waals surface area (Å²) in [5.41, 5.74) is 0.962. The van der Waals surface area contributed by atoms with E-state index >= 15 is 8.78 Å². The van der Waals surface area contributed by atoms with Crippen molar-refractivity contribution in [3.63, 3.8) is 0 Å². The number of benzene rings is 2. The number of nitrogens with zero attached hydrogens (tertiary/aromatic N) is 3. The Hall–Kier alpha value is -3.17. The molecule has 182 valence electrons. The highest BCUT2D eigenvalue weighted by Crippen LogP contribution is 2.48. The number of aliphatic imine (C=N–C) groups is 1. The summed E-state index contributed by atoms with van der Waals surface area (Å²) >= 11 is 0. The molecule has 3 aromatic rings. The molecule has 35 heavy (non-hydrogen) atoms. The molecule has 3 aliphatic heterocycles. The summed E-state index contributed by atoms with van der Waals surface area (Å²) in [6.07, 6.45) is 2.93. The number of oxazole rings is 1. The Labute approximate surface area is 202 Å². The number of nitrogens with one attached hydrogen (secondary N) is 1. The van der Waals surface area contributed by atoms with Gasteiger partial charge in [0.15, 0.2) is 23.8 Å². The van der Waals surface area contributed by atoms with Gasteiger partial charge in [0.2, 0.25) is 0 Å². The van der Waals surface area contributed by atoms with Crippen LogP contribution in [0.2, 0.25) is 1.41 Å². The number of rotatable bonds is 2. The molecule has 1 N–H and O–H groups in total. The van der Waals surface area contributed by atoms with Gasteiger partial charge < -0.3 is 14.1 Å². The number of fused-ring (bicyclic) bond motifs is 4. The third-order valence-electron chi connectivity index (χ3n) is 7.20. The summed E-state index contributed by atoms with van der Waals surface area (Å²) in [7, 11) is 0. The van der Waals surface area contributed by atoms with Gasteiger partial charge in [-0.15, -0.1) is 0 Å². The number of anilines is 1. The van der Waals surface area contributed by atoms with E-state index in [2.05, 4.69) is 9.98 Å². The van der Waals surface area contributed by atoms with Crippen molar-refractivity contribution in [2.75, 3.05) is 24.7 Å². The second-order valence-electron chi connectivity index (χ2n) is 9.59.